The maximum absolute atomic E-state index is 12.2. The topological polar surface area (TPSA) is 66.4 Å². The van der Waals surface area contributed by atoms with Crippen molar-refractivity contribution in [2.75, 3.05) is 0 Å². The molecule has 0 fully saturated rings. The van der Waals surface area contributed by atoms with Crippen molar-refractivity contribution in [3.05, 3.63) is 34.3 Å². The summed E-state index contributed by atoms with van der Waals surface area (Å²) in [6, 6.07) is 7.82. The maximum atomic E-state index is 12.2. The molecule has 1 aromatic rings. The quantitative estimate of drug-likeness (QED) is 0.750. The fourth-order valence-corrected chi connectivity index (χ4v) is 2.59. The van der Waals surface area contributed by atoms with E-state index in [4.69, 9.17) is 5.11 Å². The van der Waals surface area contributed by atoms with Gasteiger partial charge >= 0.3 is 5.97 Å². The molecular weight excluding hydrogens is 334 g/mol. The van der Waals surface area contributed by atoms with Crippen molar-refractivity contribution in [3.63, 3.8) is 0 Å². The fraction of sp³-hybridized carbons (Fsp3) is 0.500. The lowest BCUT2D eigenvalue weighted by molar-refractivity contribution is -0.137. The smallest absolute Gasteiger partial charge is 0.303 e. The standard InChI is InChI=1S/C16H22BrNO3/c1-3-13(9-12-5-4-6-14(17)10-12)16(21)18-11(2)7-8-15(19)20/h4-6,10-11,13H,3,7-9H2,1-2H3,(H,18,21)(H,19,20). The van der Waals surface area contributed by atoms with Gasteiger partial charge in [-0.1, -0.05) is 35.0 Å². The Morgan fingerprint density at radius 2 is 2.10 bits per heavy atom. The largest absolute Gasteiger partial charge is 0.481 e. The third-order valence-corrected chi connectivity index (χ3v) is 3.91. The molecule has 0 aliphatic carbocycles. The minimum atomic E-state index is -0.836. The molecule has 1 aromatic carbocycles. The van der Waals surface area contributed by atoms with Crippen LogP contribution in [0.5, 0.6) is 0 Å². The molecule has 0 heterocycles. The molecule has 0 bridgehead atoms. The molecule has 5 heteroatoms. The molecule has 0 saturated heterocycles. The number of carboxylic acid groups (broad SMARTS) is 1. The maximum Gasteiger partial charge on any atom is 0.303 e. The van der Waals surface area contributed by atoms with Crippen LogP contribution in [-0.2, 0) is 16.0 Å². The van der Waals surface area contributed by atoms with Crippen LogP contribution in [-0.4, -0.2) is 23.0 Å². The van der Waals surface area contributed by atoms with Crippen molar-refractivity contribution < 1.29 is 14.7 Å². The second-order valence-electron chi connectivity index (χ2n) is 5.28. The molecule has 1 amide bonds. The highest BCUT2D eigenvalue weighted by atomic mass is 79.9. The molecule has 0 radical (unpaired) electrons. The first-order valence-corrected chi connectivity index (χ1v) is 7.98. The van der Waals surface area contributed by atoms with Gasteiger partial charge in [0.25, 0.3) is 0 Å². The molecule has 0 spiro atoms. The fourth-order valence-electron chi connectivity index (χ4n) is 2.14. The average Bonchev–Trinajstić information content (AvgIpc) is 2.42. The lowest BCUT2D eigenvalue weighted by Gasteiger charge is -2.19. The number of carbonyl (C=O) groups is 2. The van der Waals surface area contributed by atoms with Gasteiger partial charge in [0.05, 0.1) is 0 Å². The second kappa shape index (κ2) is 8.82. The summed E-state index contributed by atoms with van der Waals surface area (Å²) in [4.78, 5) is 22.8. The molecule has 2 atom stereocenters. The number of carbonyl (C=O) groups excluding carboxylic acids is 1. The second-order valence-corrected chi connectivity index (χ2v) is 6.20. The van der Waals surface area contributed by atoms with Crippen molar-refractivity contribution in [3.8, 4) is 0 Å². The van der Waals surface area contributed by atoms with E-state index in [1.165, 1.54) is 0 Å². The minimum absolute atomic E-state index is 0.00429. The van der Waals surface area contributed by atoms with Crippen LogP contribution >= 0.6 is 15.9 Å². The van der Waals surface area contributed by atoms with Crippen LogP contribution in [0.15, 0.2) is 28.7 Å². The van der Waals surface area contributed by atoms with Crippen molar-refractivity contribution >= 4 is 27.8 Å². The van der Waals surface area contributed by atoms with E-state index in [0.717, 1.165) is 16.5 Å². The number of aliphatic carboxylic acids is 1. The average molecular weight is 356 g/mol. The first-order chi connectivity index (χ1) is 9.92. The number of hydrogen-bond donors (Lipinski definition) is 2. The molecule has 0 aliphatic heterocycles. The Balaban J connectivity index is 2.54. The molecule has 0 aliphatic rings. The van der Waals surface area contributed by atoms with Crippen molar-refractivity contribution in [1.29, 1.82) is 0 Å². The van der Waals surface area contributed by atoms with Crippen LogP contribution in [0, 0.1) is 5.92 Å². The van der Waals surface area contributed by atoms with E-state index in [2.05, 4.69) is 21.2 Å². The zero-order valence-corrected chi connectivity index (χ0v) is 14.0. The predicted molar refractivity (Wildman–Crippen MR) is 86.1 cm³/mol. The Kier molecular flexibility index (Phi) is 7.43. The molecule has 116 valence electrons. The van der Waals surface area contributed by atoms with Crippen LogP contribution in [0.1, 0.15) is 38.7 Å². The van der Waals surface area contributed by atoms with Gasteiger partial charge in [0.15, 0.2) is 0 Å². The summed E-state index contributed by atoms with van der Waals surface area (Å²) in [6.45, 7) is 3.83. The molecule has 2 unspecified atom stereocenters. The molecule has 21 heavy (non-hydrogen) atoms. The Morgan fingerprint density at radius 3 is 2.67 bits per heavy atom. The lowest BCUT2D eigenvalue weighted by Crippen LogP contribution is -2.38. The van der Waals surface area contributed by atoms with Crippen molar-refractivity contribution in [2.24, 2.45) is 5.92 Å². The van der Waals surface area contributed by atoms with Crippen LogP contribution in [0.4, 0.5) is 0 Å². The zero-order chi connectivity index (χ0) is 15.8. The van der Waals surface area contributed by atoms with Crippen LogP contribution in [0.25, 0.3) is 0 Å². The van der Waals surface area contributed by atoms with Crippen LogP contribution < -0.4 is 5.32 Å². The van der Waals surface area contributed by atoms with E-state index in [-0.39, 0.29) is 24.3 Å². The molecule has 0 aromatic heterocycles. The van der Waals surface area contributed by atoms with Gasteiger partial charge in [0, 0.05) is 22.9 Å². The third-order valence-electron chi connectivity index (χ3n) is 3.41. The minimum Gasteiger partial charge on any atom is -0.481 e. The van der Waals surface area contributed by atoms with E-state index in [9.17, 15) is 9.59 Å². The molecule has 4 nitrogen and oxygen atoms in total. The number of benzene rings is 1. The number of nitrogens with one attached hydrogen (secondary N) is 1. The van der Waals surface area contributed by atoms with E-state index >= 15 is 0 Å². The van der Waals surface area contributed by atoms with Gasteiger partial charge in [0.2, 0.25) is 5.91 Å². The summed E-state index contributed by atoms with van der Waals surface area (Å²) in [6.07, 6.45) is 1.97. The van der Waals surface area contributed by atoms with Crippen molar-refractivity contribution in [2.45, 2.75) is 45.6 Å². The monoisotopic (exact) mass is 355 g/mol. The van der Waals surface area contributed by atoms with Gasteiger partial charge in [0.1, 0.15) is 0 Å². The third kappa shape index (κ3) is 6.76. The van der Waals surface area contributed by atoms with Crippen LogP contribution in [0.3, 0.4) is 0 Å². The highest BCUT2D eigenvalue weighted by molar-refractivity contribution is 9.10. The molecule has 2 N–H and O–H groups in total. The molecule has 1 rings (SSSR count). The summed E-state index contributed by atoms with van der Waals surface area (Å²) >= 11 is 3.43. The number of rotatable bonds is 8. The first kappa shape index (κ1) is 17.7. The van der Waals surface area contributed by atoms with E-state index in [1.54, 1.807) is 0 Å². The zero-order valence-electron chi connectivity index (χ0n) is 12.4. The van der Waals surface area contributed by atoms with Crippen molar-refractivity contribution in [1.82, 2.24) is 5.32 Å². The normalized spacial score (nSPS) is 13.5. The summed E-state index contributed by atoms with van der Waals surface area (Å²) < 4.78 is 1.00. The van der Waals surface area contributed by atoms with Gasteiger partial charge in [-0.2, -0.15) is 0 Å². The lowest BCUT2D eigenvalue weighted by atomic mass is 9.95. The SMILES string of the molecule is CCC(Cc1cccc(Br)c1)C(=O)NC(C)CCC(=O)O. The molecule has 0 saturated carbocycles. The molecular formula is C16H22BrNO3. The Labute approximate surface area is 134 Å². The van der Waals surface area contributed by atoms with Gasteiger partial charge in [-0.25, -0.2) is 0 Å². The first-order valence-electron chi connectivity index (χ1n) is 7.19. The van der Waals surface area contributed by atoms with Gasteiger partial charge < -0.3 is 10.4 Å². The number of amides is 1. The van der Waals surface area contributed by atoms with Crippen LogP contribution in [0.2, 0.25) is 0 Å². The summed E-state index contributed by atoms with van der Waals surface area (Å²) in [5, 5.41) is 11.6. The van der Waals surface area contributed by atoms with Gasteiger partial charge in [-0.05, 0) is 43.9 Å². The van der Waals surface area contributed by atoms with E-state index in [0.29, 0.717) is 12.8 Å². The van der Waals surface area contributed by atoms with Gasteiger partial charge in [-0.3, -0.25) is 9.59 Å². The number of carboxylic acids is 1. The Bertz CT molecular complexity index is 490. The highest BCUT2D eigenvalue weighted by Gasteiger charge is 2.19. The Morgan fingerprint density at radius 1 is 1.38 bits per heavy atom. The summed E-state index contributed by atoms with van der Waals surface area (Å²) in [5.74, 6) is -0.931. The summed E-state index contributed by atoms with van der Waals surface area (Å²) in [7, 11) is 0. The predicted octanol–water partition coefficient (Wildman–Crippen LogP) is 3.39. The Hall–Kier alpha value is -1.36. The van der Waals surface area contributed by atoms with E-state index in [1.807, 2.05) is 38.1 Å². The van der Waals surface area contributed by atoms with E-state index < -0.39 is 5.97 Å². The summed E-state index contributed by atoms with van der Waals surface area (Å²) in [5.41, 5.74) is 1.12. The number of hydrogen-bond acceptors (Lipinski definition) is 2. The highest BCUT2D eigenvalue weighted by Crippen LogP contribution is 2.17. The van der Waals surface area contributed by atoms with Gasteiger partial charge in [-0.15, -0.1) is 0 Å². The number of halogens is 1.